The zero-order chi connectivity index (χ0) is 6.78. The first-order valence-electron chi connectivity index (χ1n) is 3.27. The van der Waals surface area contributed by atoms with Gasteiger partial charge in [0, 0.05) is 0 Å². The topological polar surface area (TPSA) is 0 Å². The summed E-state index contributed by atoms with van der Waals surface area (Å²) in [5.74, 6) is 0.738. The molecule has 0 radical (unpaired) electrons. The minimum absolute atomic E-state index is 0.446. The van der Waals surface area contributed by atoms with Crippen LogP contribution in [0.4, 0.5) is 0 Å². The molecular formula is C8H17-. The molecule has 0 nitrogen and oxygen atoms in total. The van der Waals surface area contributed by atoms with Crippen molar-refractivity contribution >= 4 is 0 Å². The summed E-state index contributed by atoms with van der Waals surface area (Å²) in [5, 5.41) is 0. The van der Waals surface area contributed by atoms with Crippen molar-refractivity contribution in [3.05, 3.63) is 6.92 Å². The molecule has 0 saturated carbocycles. The van der Waals surface area contributed by atoms with Crippen molar-refractivity contribution in [1.82, 2.24) is 0 Å². The Hall–Kier alpha value is 0. The highest BCUT2D eigenvalue weighted by molar-refractivity contribution is 4.69. The molecule has 1 atom stereocenters. The van der Waals surface area contributed by atoms with Crippen LogP contribution in [0.2, 0.25) is 0 Å². The van der Waals surface area contributed by atoms with E-state index in [-0.39, 0.29) is 0 Å². The summed E-state index contributed by atoms with van der Waals surface area (Å²) in [7, 11) is 0. The zero-order valence-electron chi connectivity index (χ0n) is 6.49. The van der Waals surface area contributed by atoms with E-state index in [1.54, 1.807) is 0 Å². The smallest absolute Gasteiger partial charge is 0.0381 e. The van der Waals surface area contributed by atoms with Crippen molar-refractivity contribution in [1.29, 1.82) is 0 Å². The lowest BCUT2D eigenvalue weighted by Crippen LogP contribution is -2.15. The van der Waals surface area contributed by atoms with Gasteiger partial charge in [0.05, 0.1) is 0 Å². The third-order valence-corrected chi connectivity index (χ3v) is 1.91. The van der Waals surface area contributed by atoms with Crippen molar-refractivity contribution in [3.63, 3.8) is 0 Å². The van der Waals surface area contributed by atoms with Crippen LogP contribution < -0.4 is 0 Å². The fraction of sp³-hybridized carbons (Fsp3) is 0.875. The summed E-state index contributed by atoms with van der Waals surface area (Å²) in [6.45, 7) is 12.9. The first-order chi connectivity index (χ1) is 3.48. The van der Waals surface area contributed by atoms with Gasteiger partial charge >= 0.3 is 0 Å². The lowest BCUT2D eigenvalue weighted by Gasteiger charge is -2.28. The molecule has 0 bridgehead atoms. The Bertz CT molecular complexity index is 56.9. The van der Waals surface area contributed by atoms with E-state index in [9.17, 15) is 0 Å². The second kappa shape index (κ2) is 2.52. The molecule has 0 aliphatic rings. The summed E-state index contributed by atoms with van der Waals surface area (Å²) in [6.07, 6.45) is 1.05. The molecule has 1 unspecified atom stereocenters. The molecule has 0 aromatic carbocycles. The second-order valence-electron chi connectivity index (χ2n) is 3.56. The van der Waals surface area contributed by atoms with Gasteiger partial charge in [0.25, 0.3) is 0 Å². The fourth-order valence-electron chi connectivity index (χ4n) is 0.433. The van der Waals surface area contributed by atoms with Gasteiger partial charge in [-0.1, -0.05) is 33.6 Å². The van der Waals surface area contributed by atoms with Gasteiger partial charge in [-0.15, -0.1) is 0 Å². The van der Waals surface area contributed by atoms with E-state index < -0.39 is 0 Å². The normalized spacial score (nSPS) is 16.1. The Balaban J connectivity index is 3.62. The molecule has 0 N–H and O–H groups in total. The predicted octanol–water partition coefficient (Wildman–Crippen LogP) is 2.89. The van der Waals surface area contributed by atoms with E-state index in [2.05, 4.69) is 34.6 Å². The van der Waals surface area contributed by atoms with Crippen LogP contribution in [0.25, 0.3) is 0 Å². The SMILES string of the molecule is [CH2-]CC(C)C(C)(C)C. The largest absolute Gasteiger partial charge is 0.343 e. The van der Waals surface area contributed by atoms with Gasteiger partial charge in [-0.05, 0) is 5.41 Å². The van der Waals surface area contributed by atoms with Crippen LogP contribution in [0.15, 0.2) is 0 Å². The minimum atomic E-state index is 0.446. The van der Waals surface area contributed by atoms with E-state index in [4.69, 9.17) is 0 Å². The molecule has 0 amide bonds. The summed E-state index contributed by atoms with van der Waals surface area (Å²) in [5.41, 5.74) is 0.446. The van der Waals surface area contributed by atoms with Gasteiger partial charge in [0.15, 0.2) is 0 Å². The molecule has 0 aromatic rings. The van der Waals surface area contributed by atoms with Crippen LogP contribution in [-0.2, 0) is 0 Å². The molecule has 0 heterocycles. The third-order valence-electron chi connectivity index (χ3n) is 1.91. The van der Waals surface area contributed by atoms with Crippen molar-refractivity contribution in [3.8, 4) is 0 Å². The Morgan fingerprint density at radius 2 is 1.75 bits per heavy atom. The third kappa shape index (κ3) is 2.34. The van der Waals surface area contributed by atoms with Crippen LogP contribution in [0, 0.1) is 18.3 Å². The molecular weight excluding hydrogens is 96.1 g/mol. The maximum atomic E-state index is 3.85. The average Bonchev–Trinajstić information content (AvgIpc) is 1.62. The first-order valence-corrected chi connectivity index (χ1v) is 3.27. The van der Waals surface area contributed by atoms with Crippen LogP contribution in [0.1, 0.15) is 34.1 Å². The lowest BCUT2D eigenvalue weighted by atomic mass is 9.81. The predicted molar refractivity (Wildman–Crippen MR) is 38.6 cm³/mol. The highest BCUT2D eigenvalue weighted by Gasteiger charge is 2.14. The van der Waals surface area contributed by atoms with Gasteiger partial charge in [0.1, 0.15) is 0 Å². The van der Waals surface area contributed by atoms with Gasteiger partial charge in [0.2, 0.25) is 0 Å². The summed E-state index contributed by atoms with van der Waals surface area (Å²) in [4.78, 5) is 0. The van der Waals surface area contributed by atoms with Crippen molar-refractivity contribution in [2.24, 2.45) is 11.3 Å². The molecule has 50 valence electrons. The molecule has 0 spiro atoms. The minimum Gasteiger partial charge on any atom is -0.343 e. The Labute approximate surface area is 53.3 Å². The van der Waals surface area contributed by atoms with Gasteiger partial charge in [-0.3, -0.25) is 0 Å². The number of hydrogen-bond acceptors (Lipinski definition) is 0. The monoisotopic (exact) mass is 113 g/mol. The number of rotatable bonds is 1. The van der Waals surface area contributed by atoms with Crippen molar-refractivity contribution in [2.75, 3.05) is 0 Å². The zero-order valence-corrected chi connectivity index (χ0v) is 6.49. The Morgan fingerprint density at radius 3 is 1.75 bits per heavy atom. The maximum absolute atomic E-state index is 3.85. The van der Waals surface area contributed by atoms with Crippen LogP contribution in [0.5, 0.6) is 0 Å². The molecule has 0 aliphatic heterocycles. The van der Waals surface area contributed by atoms with Gasteiger partial charge < -0.3 is 6.92 Å². The van der Waals surface area contributed by atoms with Crippen LogP contribution in [0.3, 0.4) is 0 Å². The maximum Gasteiger partial charge on any atom is -0.0381 e. The average molecular weight is 113 g/mol. The van der Waals surface area contributed by atoms with E-state index in [1.807, 2.05) is 0 Å². The Morgan fingerprint density at radius 1 is 1.38 bits per heavy atom. The molecule has 0 fully saturated rings. The Kier molecular flexibility index (Phi) is 2.52. The van der Waals surface area contributed by atoms with Gasteiger partial charge in [-0.25, -0.2) is 0 Å². The van der Waals surface area contributed by atoms with E-state index >= 15 is 0 Å². The molecule has 8 heavy (non-hydrogen) atoms. The van der Waals surface area contributed by atoms with E-state index in [0.717, 1.165) is 12.3 Å². The molecule has 0 saturated heterocycles. The molecule has 0 heteroatoms. The number of hydrogen-bond donors (Lipinski definition) is 0. The van der Waals surface area contributed by atoms with Crippen LogP contribution in [-0.4, -0.2) is 0 Å². The lowest BCUT2D eigenvalue weighted by molar-refractivity contribution is 0.263. The summed E-state index contributed by atoms with van der Waals surface area (Å²) >= 11 is 0. The standard InChI is InChI=1S/C8H17/c1-6-7(2)8(3,4)5/h7H,1,6H2,2-5H3/q-1. The van der Waals surface area contributed by atoms with E-state index in [0.29, 0.717) is 5.41 Å². The summed E-state index contributed by atoms with van der Waals surface area (Å²) < 4.78 is 0. The highest BCUT2D eigenvalue weighted by atomic mass is 14.2. The highest BCUT2D eigenvalue weighted by Crippen LogP contribution is 2.26. The van der Waals surface area contributed by atoms with Gasteiger partial charge in [-0.2, -0.15) is 6.42 Å². The quantitative estimate of drug-likeness (QED) is 0.459. The van der Waals surface area contributed by atoms with Crippen molar-refractivity contribution < 1.29 is 0 Å². The second-order valence-corrected chi connectivity index (χ2v) is 3.56. The first kappa shape index (κ1) is 8.00. The van der Waals surface area contributed by atoms with Crippen molar-refractivity contribution in [2.45, 2.75) is 34.1 Å². The van der Waals surface area contributed by atoms with Crippen LogP contribution >= 0.6 is 0 Å². The van der Waals surface area contributed by atoms with E-state index in [1.165, 1.54) is 0 Å². The molecule has 0 aromatic heterocycles. The fourth-order valence-corrected chi connectivity index (χ4v) is 0.433. The molecule has 0 rings (SSSR count). The summed E-state index contributed by atoms with van der Waals surface area (Å²) in [6, 6.07) is 0. The molecule has 0 aliphatic carbocycles.